The Bertz CT molecular complexity index is 538. The molecule has 2 rings (SSSR count). The molecule has 0 spiro atoms. The summed E-state index contributed by atoms with van der Waals surface area (Å²) in [4.78, 5) is 24.7. The highest BCUT2D eigenvalue weighted by molar-refractivity contribution is 14.1. The van der Waals surface area contributed by atoms with Gasteiger partial charge in [0.15, 0.2) is 0 Å². The molecule has 5 nitrogen and oxygen atoms in total. The number of aliphatic carboxylic acids is 1. The Kier molecular flexibility index (Phi) is 5.09. The summed E-state index contributed by atoms with van der Waals surface area (Å²) in [7, 11) is 0. The third-order valence-corrected chi connectivity index (χ3v) is 4.21. The van der Waals surface area contributed by atoms with Crippen LogP contribution in [0.3, 0.4) is 0 Å². The molecule has 1 aromatic carbocycles. The van der Waals surface area contributed by atoms with Crippen molar-refractivity contribution < 1.29 is 14.7 Å². The molecule has 0 aliphatic carbocycles. The number of nitrogens with zero attached hydrogens (tertiary/aromatic N) is 1. The van der Waals surface area contributed by atoms with Crippen LogP contribution >= 0.6 is 34.2 Å². The van der Waals surface area contributed by atoms with Crippen molar-refractivity contribution in [2.75, 3.05) is 18.4 Å². The third kappa shape index (κ3) is 3.76. The van der Waals surface area contributed by atoms with Crippen molar-refractivity contribution in [3.05, 3.63) is 26.8 Å². The average Bonchev–Trinajstić information content (AvgIpc) is 2.42. The SMILES string of the molecule is O=C(O)[C@H]1CCCN(C(=O)Nc2ccc(I)cc2Cl)C1. The monoisotopic (exact) mass is 408 g/mol. The number of piperidine rings is 1. The summed E-state index contributed by atoms with van der Waals surface area (Å²) in [6.45, 7) is 0.806. The number of rotatable bonds is 2. The van der Waals surface area contributed by atoms with Gasteiger partial charge >= 0.3 is 12.0 Å². The van der Waals surface area contributed by atoms with Gasteiger partial charge in [0.1, 0.15) is 0 Å². The van der Waals surface area contributed by atoms with Crippen molar-refractivity contribution in [3.8, 4) is 0 Å². The molecule has 2 amide bonds. The first-order valence-electron chi connectivity index (χ1n) is 6.21. The molecule has 1 aromatic rings. The van der Waals surface area contributed by atoms with E-state index in [1.807, 2.05) is 6.07 Å². The van der Waals surface area contributed by atoms with Gasteiger partial charge in [0.25, 0.3) is 0 Å². The lowest BCUT2D eigenvalue weighted by Crippen LogP contribution is -2.44. The summed E-state index contributed by atoms with van der Waals surface area (Å²) < 4.78 is 0.981. The summed E-state index contributed by atoms with van der Waals surface area (Å²) in [5.74, 6) is -1.34. The number of hydrogen-bond donors (Lipinski definition) is 2. The van der Waals surface area contributed by atoms with Gasteiger partial charge in [-0.2, -0.15) is 0 Å². The van der Waals surface area contributed by atoms with E-state index in [0.717, 1.165) is 3.57 Å². The molecule has 1 heterocycles. The molecule has 1 saturated heterocycles. The van der Waals surface area contributed by atoms with E-state index in [1.54, 1.807) is 12.1 Å². The number of amides is 2. The molecule has 1 aliphatic rings. The normalized spacial score (nSPS) is 18.7. The number of anilines is 1. The predicted molar refractivity (Wildman–Crippen MR) is 85.1 cm³/mol. The van der Waals surface area contributed by atoms with E-state index in [0.29, 0.717) is 30.1 Å². The molecule has 0 radical (unpaired) electrons. The minimum atomic E-state index is -0.852. The molecule has 20 heavy (non-hydrogen) atoms. The standard InChI is InChI=1S/C13H14ClIN2O3/c14-10-6-9(15)3-4-11(10)16-13(20)17-5-1-2-8(7-17)12(18)19/h3-4,6,8H,1-2,5,7H2,(H,16,20)(H,18,19)/t8-/m0/s1. The number of carboxylic acids is 1. The molecule has 0 unspecified atom stereocenters. The van der Waals surface area contributed by atoms with Gasteiger partial charge in [-0.05, 0) is 53.6 Å². The number of carbonyl (C=O) groups excluding carboxylic acids is 1. The van der Waals surface area contributed by atoms with E-state index in [-0.39, 0.29) is 12.6 Å². The van der Waals surface area contributed by atoms with Crippen LogP contribution in [-0.2, 0) is 4.79 Å². The summed E-state index contributed by atoms with van der Waals surface area (Å²) in [6, 6.07) is 5.03. The maximum absolute atomic E-state index is 12.1. The minimum absolute atomic E-state index is 0.239. The molecule has 0 bridgehead atoms. The smallest absolute Gasteiger partial charge is 0.321 e. The van der Waals surface area contributed by atoms with E-state index in [1.165, 1.54) is 4.90 Å². The van der Waals surface area contributed by atoms with Crippen molar-refractivity contribution in [1.82, 2.24) is 4.90 Å². The predicted octanol–water partition coefficient (Wildman–Crippen LogP) is 3.27. The van der Waals surface area contributed by atoms with Crippen LogP contribution in [0.25, 0.3) is 0 Å². The Balaban J connectivity index is 2.02. The van der Waals surface area contributed by atoms with Gasteiger partial charge in [0, 0.05) is 16.7 Å². The van der Waals surface area contributed by atoms with Crippen LogP contribution in [0.5, 0.6) is 0 Å². The number of carbonyl (C=O) groups is 2. The van der Waals surface area contributed by atoms with Crippen LogP contribution in [0.15, 0.2) is 18.2 Å². The highest BCUT2D eigenvalue weighted by Gasteiger charge is 2.28. The first kappa shape index (κ1) is 15.4. The van der Waals surface area contributed by atoms with Crippen molar-refractivity contribution >= 4 is 51.9 Å². The number of halogens is 2. The number of urea groups is 1. The highest BCUT2D eigenvalue weighted by Crippen LogP contribution is 2.25. The van der Waals surface area contributed by atoms with Gasteiger partial charge in [-0.3, -0.25) is 4.79 Å². The molecule has 0 aromatic heterocycles. The second-order valence-corrected chi connectivity index (χ2v) is 6.33. The van der Waals surface area contributed by atoms with E-state index in [4.69, 9.17) is 16.7 Å². The van der Waals surface area contributed by atoms with E-state index in [2.05, 4.69) is 27.9 Å². The van der Waals surface area contributed by atoms with Gasteiger partial charge in [-0.25, -0.2) is 4.79 Å². The number of likely N-dealkylation sites (tertiary alicyclic amines) is 1. The van der Waals surface area contributed by atoms with Crippen molar-refractivity contribution in [2.24, 2.45) is 5.92 Å². The zero-order valence-electron chi connectivity index (χ0n) is 10.6. The van der Waals surface area contributed by atoms with Gasteiger partial charge in [0.2, 0.25) is 0 Å². The minimum Gasteiger partial charge on any atom is -0.481 e. The Morgan fingerprint density at radius 3 is 2.85 bits per heavy atom. The van der Waals surface area contributed by atoms with Crippen LogP contribution in [0.1, 0.15) is 12.8 Å². The summed E-state index contributed by atoms with van der Waals surface area (Å²) in [5.41, 5.74) is 0.537. The molecule has 1 atom stereocenters. The largest absolute Gasteiger partial charge is 0.481 e. The second-order valence-electron chi connectivity index (χ2n) is 4.68. The van der Waals surface area contributed by atoms with E-state index < -0.39 is 11.9 Å². The molecule has 108 valence electrons. The topological polar surface area (TPSA) is 69.6 Å². The summed E-state index contributed by atoms with van der Waals surface area (Å²) >= 11 is 8.20. The van der Waals surface area contributed by atoms with Gasteiger partial charge in [0.05, 0.1) is 16.6 Å². The molecular formula is C13H14ClIN2O3. The Hall–Kier alpha value is -1.02. The van der Waals surface area contributed by atoms with E-state index in [9.17, 15) is 9.59 Å². The van der Waals surface area contributed by atoms with Crippen LogP contribution in [0, 0.1) is 9.49 Å². The van der Waals surface area contributed by atoms with Crippen LogP contribution < -0.4 is 5.32 Å². The van der Waals surface area contributed by atoms with Crippen LogP contribution in [-0.4, -0.2) is 35.1 Å². The Labute approximate surface area is 135 Å². The van der Waals surface area contributed by atoms with Gasteiger partial charge in [-0.15, -0.1) is 0 Å². The lowest BCUT2D eigenvalue weighted by Gasteiger charge is -2.30. The third-order valence-electron chi connectivity index (χ3n) is 3.23. The van der Waals surface area contributed by atoms with Gasteiger partial charge < -0.3 is 15.3 Å². The van der Waals surface area contributed by atoms with E-state index >= 15 is 0 Å². The quantitative estimate of drug-likeness (QED) is 0.738. The average molecular weight is 409 g/mol. The first-order chi connectivity index (χ1) is 9.47. The van der Waals surface area contributed by atoms with Crippen molar-refractivity contribution in [1.29, 1.82) is 0 Å². The number of hydrogen-bond acceptors (Lipinski definition) is 2. The Morgan fingerprint density at radius 1 is 1.45 bits per heavy atom. The van der Waals surface area contributed by atoms with Gasteiger partial charge in [-0.1, -0.05) is 11.6 Å². The number of carboxylic acid groups (broad SMARTS) is 1. The molecule has 1 aliphatic heterocycles. The lowest BCUT2D eigenvalue weighted by molar-refractivity contribution is -0.143. The van der Waals surface area contributed by atoms with Crippen LogP contribution in [0.2, 0.25) is 5.02 Å². The molecular weight excluding hydrogens is 395 g/mol. The second kappa shape index (κ2) is 6.62. The van der Waals surface area contributed by atoms with Crippen molar-refractivity contribution in [2.45, 2.75) is 12.8 Å². The number of benzene rings is 1. The summed E-state index contributed by atoms with van der Waals surface area (Å²) in [5, 5.41) is 12.2. The summed E-state index contributed by atoms with van der Waals surface area (Å²) in [6.07, 6.45) is 1.31. The first-order valence-corrected chi connectivity index (χ1v) is 7.67. The maximum Gasteiger partial charge on any atom is 0.321 e. The fourth-order valence-corrected chi connectivity index (χ4v) is 3.05. The molecule has 0 saturated carbocycles. The molecule has 1 fully saturated rings. The molecule has 7 heteroatoms. The van der Waals surface area contributed by atoms with Crippen LogP contribution in [0.4, 0.5) is 10.5 Å². The van der Waals surface area contributed by atoms with Crippen molar-refractivity contribution in [3.63, 3.8) is 0 Å². The lowest BCUT2D eigenvalue weighted by atomic mass is 9.99. The molecule has 2 N–H and O–H groups in total. The number of nitrogens with one attached hydrogen (secondary N) is 1. The zero-order chi connectivity index (χ0) is 14.7. The Morgan fingerprint density at radius 2 is 2.20 bits per heavy atom. The zero-order valence-corrected chi connectivity index (χ0v) is 13.5. The highest BCUT2D eigenvalue weighted by atomic mass is 127. The fourth-order valence-electron chi connectivity index (χ4n) is 2.15. The maximum atomic E-state index is 12.1. The fraction of sp³-hybridized carbons (Fsp3) is 0.385.